The Morgan fingerprint density at radius 2 is 1.67 bits per heavy atom. The number of nitrogens with two attached hydrogens (primary N) is 1. The molecule has 0 radical (unpaired) electrons. The van der Waals surface area contributed by atoms with Gasteiger partial charge in [0.15, 0.2) is 12.2 Å². The number of aliphatic hydroxyl groups is 1. The molecule has 2 aromatic rings. The highest BCUT2D eigenvalue weighted by atomic mass is 35.5. The van der Waals surface area contributed by atoms with Crippen LogP contribution in [0.1, 0.15) is 88.7 Å². The molecule has 10 nitrogen and oxygen atoms in total. The minimum atomic E-state index is -1.64. The van der Waals surface area contributed by atoms with Gasteiger partial charge in [0, 0.05) is 33.5 Å². The van der Waals surface area contributed by atoms with E-state index in [-0.39, 0.29) is 30.2 Å². The molecule has 0 bridgehead atoms. The molecule has 6 N–H and O–H groups in total. The number of amides is 4. The first kappa shape index (κ1) is 36.9. The fourth-order valence-corrected chi connectivity index (χ4v) is 8.20. The number of rotatable bonds is 14. The maximum absolute atomic E-state index is 14.6. The van der Waals surface area contributed by atoms with E-state index in [2.05, 4.69) is 16.0 Å². The molecule has 4 amide bonds. The Hall–Kier alpha value is -3.34. The number of carbonyl (C=O) groups is 4. The number of ether oxygens (including phenoxy) is 1. The molecule has 0 aromatic heterocycles. The standard InChI is InChI=1S/C37H48Cl2N4O6/c1-37(2)20-24(33(45)43-37)19-29(31(44)34(46)41-27-14-15-27)42-35(47)32(49-36(40)48)30(22-9-4-3-5-10-22)28(23-11-7-13-26(39)18-23)17-21-8-6-12-25(38)16-21/h6-8,11-13,16,18,22,24,27-32,44H,3-5,9-10,14-15,17,19-20H2,1-2H3,(H2,40,48)(H,41,46)(H,42,47)(H,43,45)/t24?,28?,29?,30?,31?,32-/m0/s1. The van der Waals surface area contributed by atoms with Gasteiger partial charge >= 0.3 is 6.09 Å². The molecule has 2 saturated carbocycles. The van der Waals surface area contributed by atoms with Crippen LogP contribution in [0.4, 0.5) is 4.79 Å². The fraction of sp³-hybridized carbons (Fsp3) is 0.568. The molecule has 49 heavy (non-hydrogen) atoms. The van der Waals surface area contributed by atoms with E-state index >= 15 is 0 Å². The average molecular weight is 716 g/mol. The van der Waals surface area contributed by atoms with Crippen molar-refractivity contribution in [3.05, 3.63) is 69.7 Å². The predicted octanol–water partition coefficient (Wildman–Crippen LogP) is 5.41. The molecule has 12 heteroatoms. The summed E-state index contributed by atoms with van der Waals surface area (Å²) < 4.78 is 5.77. The lowest BCUT2D eigenvalue weighted by Gasteiger charge is -2.40. The summed E-state index contributed by atoms with van der Waals surface area (Å²) in [5.74, 6) is -3.04. The Morgan fingerprint density at radius 3 is 2.27 bits per heavy atom. The third-order valence-electron chi connectivity index (χ3n) is 10.2. The van der Waals surface area contributed by atoms with Gasteiger partial charge in [-0.2, -0.15) is 0 Å². The summed E-state index contributed by atoms with van der Waals surface area (Å²) >= 11 is 12.9. The van der Waals surface area contributed by atoms with Gasteiger partial charge in [-0.15, -0.1) is 0 Å². The normalized spacial score (nSPS) is 22.2. The first-order chi connectivity index (χ1) is 23.3. The SMILES string of the molecule is CC1(C)CC(CC(NC(=O)[C@@H](OC(N)=O)C(C2CCCCC2)C(Cc2cccc(Cl)c2)c2cccc(Cl)c2)C(O)C(=O)NC2CC2)C(=O)N1. The van der Waals surface area contributed by atoms with E-state index in [1.807, 2.05) is 50.2 Å². The average Bonchev–Trinajstić information content (AvgIpc) is 3.82. The third kappa shape index (κ3) is 10.1. The summed E-state index contributed by atoms with van der Waals surface area (Å²) in [6.45, 7) is 3.80. The first-order valence-corrected chi connectivity index (χ1v) is 18.1. The molecule has 6 atom stereocenters. The van der Waals surface area contributed by atoms with Gasteiger partial charge in [0.1, 0.15) is 0 Å². The van der Waals surface area contributed by atoms with Gasteiger partial charge in [-0.1, -0.05) is 79.6 Å². The van der Waals surface area contributed by atoms with Crippen LogP contribution < -0.4 is 21.7 Å². The molecule has 2 aromatic carbocycles. The summed E-state index contributed by atoms with van der Waals surface area (Å²) in [6.07, 6.45) is 2.96. The lowest BCUT2D eigenvalue weighted by molar-refractivity contribution is -0.139. The highest BCUT2D eigenvalue weighted by molar-refractivity contribution is 6.30. The monoisotopic (exact) mass is 714 g/mol. The van der Waals surface area contributed by atoms with E-state index in [0.717, 1.165) is 56.1 Å². The Labute approximate surface area is 298 Å². The van der Waals surface area contributed by atoms with Crippen molar-refractivity contribution in [1.29, 1.82) is 0 Å². The van der Waals surface area contributed by atoms with Crippen molar-refractivity contribution >= 4 is 47.0 Å². The summed E-state index contributed by atoms with van der Waals surface area (Å²) in [5, 5.41) is 21.1. The second-order valence-electron chi connectivity index (χ2n) is 14.7. The van der Waals surface area contributed by atoms with Crippen molar-refractivity contribution in [3.63, 3.8) is 0 Å². The van der Waals surface area contributed by atoms with Crippen molar-refractivity contribution in [2.24, 2.45) is 23.5 Å². The minimum absolute atomic E-state index is 0.0118. The molecule has 1 saturated heterocycles. The van der Waals surface area contributed by atoms with Gasteiger partial charge in [0.25, 0.3) is 11.8 Å². The Kier molecular flexibility index (Phi) is 12.2. The zero-order valence-corrected chi connectivity index (χ0v) is 29.6. The second kappa shape index (κ2) is 16.1. The molecule has 3 aliphatic rings. The third-order valence-corrected chi connectivity index (χ3v) is 10.6. The fourth-order valence-electron chi connectivity index (χ4n) is 7.79. The zero-order chi connectivity index (χ0) is 35.3. The van der Waals surface area contributed by atoms with Gasteiger partial charge in [0.2, 0.25) is 5.91 Å². The van der Waals surface area contributed by atoms with Crippen LogP contribution in [0.15, 0.2) is 48.5 Å². The topological polar surface area (TPSA) is 160 Å². The lowest BCUT2D eigenvalue weighted by Crippen LogP contribution is -2.56. The van der Waals surface area contributed by atoms with Crippen molar-refractivity contribution in [2.45, 2.75) is 114 Å². The zero-order valence-electron chi connectivity index (χ0n) is 28.1. The van der Waals surface area contributed by atoms with Crippen LogP contribution in [0.25, 0.3) is 0 Å². The van der Waals surface area contributed by atoms with Crippen molar-refractivity contribution < 1.29 is 29.0 Å². The van der Waals surface area contributed by atoms with E-state index < -0.39 is 53.5 Å². The highest BCUT2D eigenvalue weighted by Crippen LogP contribution is 2.44. The summed E-state index contributed by atoms with van der Waals surface area (Å²) in [4.78, 5) is 53.3. The van der Waals surface area contributed by atoms with Gasteiger partial charge in [-0.3, -0.25) is 14.4 Å². The van der Waals surface area contributed by atoms with E-state index in [1.54, 1.807) is 12.1 Å². The molecule has 2 aliphatic carbocycles. The molecular weight excluding hydrogens is 667 g/mol. The van der Waals surface area contributed by atoms with Crippen LogP contribution in [0.3, 0.4) is 0 Å². The van der Waals surface area contributed by atoms with E-state index in [9.17, 15) is 24.3 Å². The Balaban J connectivity index is 1.53. The van der Waals surface area contributed by atoms with Crippen LogP contribution in [-0.4, -0.2) is 58.8 Å². The number of primary amides is 1. The molecule has 3 fully saturated rings. The molecule has 5 unspecified atom stereocenters. The van der Waals surface area contributed by atoms with Gasteiger partial charge < -0.3 is 31.5 Å². The number of benzene rings is 2. The number of aliphatic hydroxyl groups excluding tert-OH is 1. The largest absolute Gasteiger partial charge is 0.436 e. The molecule has 266 valence electrons. The molecular formula is C37H48Cl2N4O6. The van der Waals surface area contributed by atoms with Gasteiger partial charge in [0.05, 0.1) is 6.04 Å². The van der Waals surface area contributed by atoms with Crippen molar-refractivity contribution in [2.75, 3.05) is 0 Å². The van der Waals surface area contributed by atoms with Gasteiger partial charge in [-0.05, 0) is 93.2 Å². The number of hydrogen-bond acceptors (Lipinski definition) is 6. The maximum atomic E-state index is 14.6. The van der Waals surface area contributed by atoms with Crippen LogP contribution >= 0.6 is 23.2 Å². The van der Waals surface area contributed by atoms with E-state index in [4.69, 9.17) is 33.7 Å². The highest BCUT2D eigenvalue weighted by Gasteiger charge is 2.46. The Bertz CT molecular complexity index is 1510. The number of carbonyl (C=O) groups excluding carboxylic acids is 4. The van der Waals surface area contributed by atoms with Crippen molar-refractivity contribution in [3.8, 4) is 0 Å². The van der Waals surface area contributed by atoms with Crippen LogP contribution in [-0.2, 0) is 25.5 Å². The molecule has 1 aliphatic heterocycles. The second-order valence-corrected chi connectivity index (χ2v) is 15.6. The smallest absolute Gasteiger partial charge is 0.405 e. The molecule has 5 rings (SSSR count). The first-order valence-electron chi connectivity index (χ1n) is 17.4. The van der Waals surface area contributed by atoms with E-state index in [0.29, 0.717) is 22.9 Å². The van der Waals surface area contributed by atoms with Gasteiger partial charge in [-0.25, -0.2) is 4.79 Å². The summed E-state index contributed by atoms with van der Waals surface area (Å²) in [7, 11) is 0. The number of halogens is 2. The lowest BCUT2D eigenvalue weighted by atomic mass is 9.67. The number of hydrogen-bond donors (Lipinski definition) is 5. The van der Waals surface area contributed by atoms with E-state index in [1.165, 1.54) is 0 Å². The van der Waals surface area contributed by atoms with Crippen LogP contribution in [0.2, 0.25) is 10.0 Å². The molecule has 1 heterocycles. The van der Waals surface area contributed by atoms with Crippen LogP contribution in [0, 0.1) is 17.8 Å². The minimum Gasteiger partial charge on any atom is -0.436 e. The van der Waals surface area contributed by atoms with Crippen molar-refractivity contribution in [1.82, 2.24) is 16.0 Å². The number of nitrogens with one attached hydrogen (secondary N) is 3. The Morgan fingerprint density at radius 1 is 1.00 bits per heavy atom. The molecule has 0 spiro atoms. The summed E-state index contributed by atoms with van der Waals surface area (Å²) in [5.41, 5.74) is 6.98. The predicted molar refractivity (Wildman–Crippen MR) is 188 cm³/mol. The quantitative estimate of drug-likeness (QED) is 0.176. The summed E-state index contributed by atoms with van der Waals surface area (Å²) in [6, 6.07) is 13.8. The maximum Gasteiger partial charge on any atom is 0.405 e. The van der Waals surface area contributed by atoms with Crippen LogP contribution in [0.5, 0.6) is 0 Å².